The van der Waals surface area contributed by atoms with Crippen molar-refractivity contribution in [2.45, 2.75) is 56.9 Å². The largest absolute Gasteiger partial charge is 0.348 e. The van der Waals surface area contributed by atoms with E-state index in [0.717, 1.165) is 28.4 Å². The number of amides is 1. The van der Waals surface area contributed by atoms with Gasteiger partial charge in [0.05, 0.1) is 16.6 Å². The van der Waals surface area contributed by atoms with Gasteiger partial charge in [0.1, 0.15) is 6.54 Å². The van der Waals surface area contributed by atoms with Crippen LogP contribution in [-0.4, -0.2) is 20.9 Å². The van der Waals surface area contributed by atoms with Gasteiger partial charge in [-0.05, 0) is 86.1 Å². The zero-order valence-electron chi connectivity index (χ0n) is 20.1. The number of benzene rings is 3. The zero-order chi connectivity index (χ0) is 25.0. The Balaban J connectivity index is 1.60. The van der Waals surface area contributed by atoms with Crippen molar-refractivity contribution in [3.8, 4) is 0 Å². The molecule has 184 valence electrons. The number of carbonyl (C=O) groups excluding carboxylic acids is 1. The van der Waals surface area contributed by atoms with Crippen LogP contribution in [0.25, 0.3) is 0 Å². The van der Waals surface area contributed by atoms with Crippen molar-refractivity contribution < 1.29 is 13.2 Å². The highest BCUT2D eigenvalue weighted by Gasteiger charge is 2.28. The number of sulfonamides is 1. The Bertz CT molecular complexity index is 1310. The summed E-state index contributed by atoms with van der Waals surface area (Å²) < 4.78 is 29.1. The molecule has 1 amide bonds. The maximum atomic E-state index is 13.6. The Morgan fingerprint density at radius 3 is 2.40 bits per heavy atom. The van der Waals surface area contributed by atoms with Crippen LogP contribution in [-0.2, 0) is 27.7 Å². The molecule has 0 heterocycles. The van der Waals surface area contributed by atoms with Gasteiger partial charge in [-0.15, -0.1) is 0 Å². The van der Waals surface area contributed by atoms with E-state index in [0.29, 0.717) is 12.1 Å². The van der Waals surface area contributed by atoms with Gasteiger partial charge in [0.15, 0.2) is 0 Å². The molecule has 0 fully saturated rings. The molecule has 0 aromatic heterocycles. The SMILES string of the molecule is CC[C@@H](NC(=O)CN(c1cccc(Br)c1)S(=O)(=O)c1ccc(C)cc1)c1ccc2c(c1)CCCC2. The van der Waals surface area contributed by atoms with Crippen LogP contribution in [0.1, 0.15) is 54.5 Å². The molecule has 1 atom stereocenters. The van der Waals surface area contributed by atoms with Crippen LogP contribution in [0.3, 0.4) is 0 Å². The molecule has 35 heavy (non-hydrogen) atoms. The minimum Gasteiger partial charge on any atom is -0.348 e. The third kappa shape index (κ3) is 5.96. The smallest absolute Gasteiger partial charge is 0.264 e. The molecule has 3 aromatic rings. The average molecular weight is 556 g/mol. The third-order valence-corrected chi connectivity index (χ3v) is 8.79. The topological polar surface area (TPSA) is 66.5 Å². The lowest BCUT2D eigenvalue weighted by atomic mass is 9.89. The minimum absolute atomic E-state index is 0.151. The Morgan fingerprint density at radius 1 is 1.00 bits per heavy atom. The van der Waals surface area contributed by atoms with E-state index in [4.69, 9.17) is 0 Å². The molecular formula is C28H31BrN2O3S. The second-order valence-corrected chi connectivity index (χ2v) is 11.8. The van der Waals surface area contributed by atoms with Crippen LogP contribution in [0.15, 0.2) is 76.1 Å². The highest BCUT2D eigenvalue weighted by atomic mass is 79.9. The number of fused-ring (bicyclic) bond motifs is 1. The van der Waals surface area contributed by atoms with Crippen LogP contribution >= 0.6 is 15.9 Å². The summed E-state index contributed by atoms with van der Waals surface area (Å²) in [7, 11) is -3.95. The monoisotopic (exact) mass is 554 g/mol. The lowest BCUT2D eigenvalue weighted by Gasteiger charge is -2.26. The number of rotatable bonds is 8. The molecule has 0 spiro atoms. The number of anilines is 1. The summed E-state index contributed by atoms with van der Waals surface area (Å²) in [5, 5.41) is 3.08. The van der Waals surface area contributed by atoms with Crippen molar-refractivity contribution in [2.24, 2.45) is 0 Å². The van der Waals surface area contributed by atoms with E-state index in [1.54, 1.807) is 42.5 Å². The van der Waals surface area contributed by atoms with Gasteiger partial charge in [-0.1, -0.05) is 64.8 Å². The Morgan fingerprint density at radius 2 is 1.71 bits per heavy atom. The quantitative estimate of drug-likeness (QED) is 0.365. The molecule has 5 nitrogen and oxygen atoms in total. The van der Waals surface area contributed by atoms with Crippen molar-refractivity contribution in [2.75, 3.05) is 10.8 Å². The fraction of sp³-hybridized carbons (Fsp3) is 0.321. The molecule has 0 aliphatic heterocycles. The summed E-state index contributed by atoms with van der Waals surface area (Å²) in [5.74, 6) is -0.342. The predicted molar refractivity (Wildman–Crippen MR) is 144 cm³/mol. The van der Waals surface area contributed by atoms with Crippen molar-refractivity contribution in [3.05, 3.63) is 93.5 Å². The summed E-state index contributed by atoms with van der Waals surface area (Å²) in [6.07, 6.45) is 5.31. The van der Waals surface area contributed by atoms with Gasteiger partial charge in [0, 0.05) is 4.47 Å². The lowest BCUT2D eigenvalue weighted by Crippen LogP contribution is -2.42. The van der Waals surface area contributed by atoms with E-state index >= 15 is 0 Å². The average Bonchev–Trinajstić information content (AvgIpc) is 2.85. The first-order valence-corrected chi connectivity index (χ1v) is 14.3. The number of aryl methyl sites for hydroxylation is 3. The van der Waals surface area contributed by atoms with E-state index in [-0.39, 0.29) is 23.4 Å². The van der Waals surface area contributed by atoms with Crippen LogP contribution < -0.4 is 9.62 Å². The number of nitrogens with zero attached hydrogens (tertiary/aromatic N) is 1. The summed E-state index contributed by atoms with van der Waals surface area (Å²) in [6, 6.07) is 20.0. The van der Waals surface area contributed by atoms with Gasteiger partial charge in [-0.25, -0.2) is 8.42 Å². The van der Waals surface area contributed by atoms with Crippen molar-refractivity contribution in [1.82, 2.24) is 5.32 Å². The summed E-state index contributed by atoms with van der Waals surface area (Å²) in [6.45, 7) is 3.62. The zero-order valence-corrected chi connectivity index (χ0v) is 22.5. The predicted octanol–water partition coefficient (Wildman–Crippen LogP) is 6.10. The first kappa shape index (κ1) is 25.5. The number of nitrogens with one attached hydrogen (secondary N) is 1. The number of halogens is 1. The van der Waals surface area contributed by atoms with Gasteiger partial charge in [-0.3, -0.25) is 9.10 Å². The van der Waals surface area contributed by atoms with Crippen LogP contribution in [0.4, 0.5) is 5.69 Å². The highest BCUT2D eigenvalue weighted by Crippen LogP contribution is 2.28. The van der Waals surface area contributed by atoms with Gasteiger partial charge in [-0.2, -0.15) is 0 Å². The van der Waals surface area contributed by atoms with Crippen molar-refractivity contribution >= 4 is 37.5 Å². The normalized spacial score (nSPS) is 14.1. The molecule has 4 rings (SSSR count). The molecule has 1 aliphatic carbocycles. The van der Waals surface area contributed by atoms with Gasteiger partial charge in [0.2, 0.25) is 5.91 Å². The van der Waals surface area contributed by atoms with Gasteiger partial charge in [0.25, 0.3) is 10.0 Å². The van der Waals surface area contributed by atoms with E-state index in [9.17, 15) is 13.2 Å². The Labute approximate surface area is 216 Å². The third-order valence-electron chi connectivity index (χ3n) is 6.51. The first-order chi connectivity index (χ1) is 16.8. The summed E-state index contributed by atoms with van der Waals surface area (Å²) in [4.78, 5) is 13.4. The fourth-order valence-electron chi connectivity index (χ4n) is 4.55. The molecule has 1 aliphatic rings. The molecule has 0 unspecified atom stereocenters. The van der Waals surface area contributed by atoms with Gasteiger partial charge >= 0.3 is 0 Å². The van der Waals surface area contributed by atoms with Crippen molar-refractivity contribution in [3.63, 3.8) is 0 Å². The van der Waals surface area contributed by atoms with Crippen LogP contribution in [0.2, 0.25) is 0 Å². The molecule has 0 saturated heterocycles. The molecule has 7 heteroatoms. The van der Waals surface area contributed by atoms with E-state index < -0.39 is 10.0 Å². The van der Waals surface area contributed by atoms with Crippen LogP contribution in [0.5, 0.6) is 0 Å². The van der Waals surface area contributed by atoms with E-state index in [1.807, 2.05) is 19.9 Å². The van der Waals surface area contributed by atoms with Crippen molar-refractivity contribution in [1.29, 1.82) is 0 Å². The number of hydrogen-bond acceptors (Lipinski definition) is 3. The standard InChI is InChI=1S/C28H31BrN2O3S/c1-3-27(23-14-13-21-7-4-5-8-22(21)17-23)30-28(32)19-31(25-10-6-9-24(29)18-25)35(33,34)26-15-11-20(2)12-16-26/h6,9-18,27H,3-5,7-8,19H2,1-2H3,(H,30,32)/t27-/m1/s1. The van der Waals surface area contributed by atoms with Gasteiger partial charge < -0.3 is 5.32 Å². The lowest BCUT2D eigenvalue weighted by molar-refractivity contribution is -0.120. The fourth-order valence-corrected chi connectivity index (χ4v) is 6.35. The highest BCUT2D eigenvalue weighted by molar-refractivity contribution is 9.10. The first-order valence-electron chi connectivity index (χ1n) is 12.0. The molecule has 3 aromatic carbocycles. The van der Waals surface area contributed by atoms with E-state index in [2.05, 4.69) is 39.4 Å². The molecule has 0 bridgehead atoms. The Hall–Kier alpha value is -2.64. The second-order valence-electron chi connectivity index (χ2n) is 9.07. The minimum atomic E-state index is -3.95. The second kappa shape index (κ2) is 11.0. The molecule has 1 N–H and O–H groups in total. The molecule has 0 radical (unpaired) electrons. The summed E-state index contributed by atoms with van der Waals surface area (Å²) >= 11 is 3.42. The summed E-state index contributed by atoms with van der Waals surface area (Å²) in [5.41, 5.74) is 5.21. The molecule has 0 saturated carbocycles. The number of hydrogen-bond donors (Lipinski definition) is 1. The number of carbonyl (C=O) groups is 1. The Kier molecular flexibility index (Phi) is 7.97. The molecular weight excluding hydrogens is 524 g/mol. The maximum absolute atomic E-state index is 13.6. The maximum Gasteiger partial charge on any atom is 0.264 e. The van der Waals surface area contributed by atoms with Crippen LogP contribution in [0, 0.1) is 6.92 Å². The van der Waals surface area contributed by atoms with E-state index in [1.165, 1.54) is 28.3 Å².